The third-order valence-corrected chi connectivity index (χ3v) is 4.65. The van der Waals surface area contributed by atoms with E-state index < -0.39 is 22.6 Å². The van der Waals surface area contributed by atoms with Crippen molar-refractivity contribution in [2.75, 3.05) is 20.2 Å². The first-order valence-corrected chi connectivity index (χ1v) is 7.84. The summed E-state index contributed by atoms with van der Waals surface area (Å²) >= 11 is 0. The van der Waals surface area contributed by atoms with Crippen LogP contribution in [0.4, 0.5) is 0 Å². The minimum atomic E-state index is -3.54. The lowest BCUT2D eigenvalue weighted by Gasteiger charge is -2.17. The fourth-order valence-corrected chi connectivity index (χ4v) is 2.82. The molecular weight excluding hydrogens is 294 g/mol. The van der Waals surface area contributed by atoms with Crippen LogP contribution in [0.1, 0.15) is 12.8 Å². The Labute approximate surface area is 124 Å². The standard InChI is InChI=1S/C14H19NO5S/c1-3-4-5-10-15(2)21(18,19)13-8-6-12(7-9-13)20-11-14(16)17/h3,6-9H,1,4-5,10-11H2,2H3,(H,16,17). The van der Waals surface area contributed by atoms with Crippen molar-refractivity contribution in [3.05, 3.63) is 36.9 Å². The van der Waals surface area contributed by atoms with E-state index in [2.05, 4.69) is 6.58 Å². The molecule has 6 nitrogen and oxygen atoms in total. The Kier molecular flexibility index (Phi) is 6.39. The van der Waals surface area contributed by atoms with Crippen molar-refractivity contribution >= 4 is 16.0 Å². The van der Waals surface area contributed by atoms with E-state index in [1.165, 1.54) is 35.6 Å². The highest BCUT2D eigenvalue weighted by atomic mass is 32.2. The number of sulfonamides is 1. The number of rotatable bonds is 9. The van der Waals surface area contributed by atoms with Gasteiger partial charge in [0.15, 0.2) is 6.61 Å². The Balaban J connectivity index is 2.74. The zero-order chi connectivity index (χ0) is 15.9. The molecule has 1 aromatic rings. The van der Waals surface area contributed by atoms with Crippen molar-refractivity contribution in [1.82, 2.24) is 4.31 Å². The molecule has 0 bridgehead atoms. The van der Waals surface area contributed by atoms with Gasteiger partial charge < -0.3 is 9.84 Å². The van der Waals surface area contributed by atoms with E-state index in [-0.39, 0.29) is 4.90 Å². The van der Waals surface area contributed by atoms with E-state index in [4.69, 9.17) is 9.84 Å². The molecule has 1 rings (SSSR count). The summed E-state index contributed by atoms with van der Waals surface area (Å²) in [4.78, 5) is 10.5. The monoisotopic (exact) mass is 313 g/mol. The van der Waals surface area contributed by atoms with Crippen molar-refractivity contribution in [2.24, 2.45) is 0 Å². The van der Waals surface area contributed by atoms with Crippen LogP contribution in [0.3, 0.4) is 0 Å². The highest BCUT2D eigenvalue weighted by molar-refractivity contribution is 7.89. The zero-order valence-corrected chi connectivity index (χ0v) is 12.7. The molecule has 1 N–H and O–H groups in total. The first-order valence-electron chi connectivity index (χ1n) is 6.40. The molecule has 116 valence electrons. The summed E-state index contributed by atoms with van der Waals surface area (Å²) in [5.41, 5.74) is 0. The normalized spacial score (nSPS) is 11.3. The quantitative estimate of drug-likeness (QED) is 0.554. The first kappa shape index (κ1) is 17.2. The molecule has 0 aliphatic rings. The summed E-state index contributed by atoms with van der Waals surface area (Å²) < 4.78 is 30.8. The number of carbonyl (C=O) groups is 1. The molecule has 1 aromatic carbocycles. The van der Waals surface area contributed by atoms with Crippen LogP contribution in [-0.2, 0) is 14.8 Å². The van der Waals surface area contributed by atoms with E-state index in [1.54, 1.807) is 6.08 Å². The fourth-order valence-electron chi connectivity index (χ4n) is 1.61. The van der Waals surface area contributed by atoms with Crippen molar-refractivity contribution in [1.29, 1.82) is 0 Å². The van der Waals surface area contributed by atoms with Gasteiger partial charge in [-0.05, 0) is 37.1 Å². The number of aliphatic carboxylic acids is 1. The maximum absolute atomic E-state index is 12.3. The third-order valence-electron chi connectivity index (χ3n) is 2.78. The van der Waals surface area contributed by atoms with Crippen molar-refractivity contribution in [3.8, 4) is 5.75 Å². The summed E-state index contributed by atoms with van der Waals surface area (Å²) in [5.74, 6) is -0.778. The second kappa shape index (κ2) is 7.80. The van der Waals surface area contributed by atoms with Crippen LogP contribution < -0.4 is 4.74 Å². The highest BCUT2D eigenvalue weighted by Gasteiger charge is 2.20. The molecule has 0 aliphatic carbocycles. The number of carboxylic acid groups (broad SMARTS) is 1. The molecule has 0 unspecified atom stereocenters. The van der Waals surface area contributed by atoms with Gasteiger partial charge in [-0.1, -0.05) is 6.08 Å². The minimum absolute atomic E-state index is 0.145. The number of hydrogen-bond donors (Lipinski definition) is 1. The Morgan fingerprint density at radius 3 is 2.52 bits per heavy atom. The van der Waals surface area contributed by atoms with E-state index >= 15 is 0 Å². The molecule has 21 heavy (non-hydrogen) atoms. The minimum Gasteiger partial charge on any atom is -0.482 e. The van der Waals surface area contributed by atoms with Crippen LogP contribution in [0.25, 0.3) is 0 Å². The van der Waals surface area contributed by atoms with Gasteiger partial charge in [-0.3, -0.25) is 0 Å². The lowest BCUT2D eigenvalue weighted by molar-refractivity contribution is -0.139. The summed E-state index contributed by atoms with van der Waals surface area (Å²) in [6, 6.07) is 5.67. The van der Waals surface area contributed by atoms with Gasteiger partial charge in [0.2, 0.25) is 10.0 Å². The number of nitrogens with zero attached hydrogens (tertiary/aromatic N) is 1. The number of carboxylic acids is 1. The summed E-state index contributed by atoms with van der Waals surface area (Å²) in [5, 5.41) is 8.50. The molecule has 0 fully saturated rings. The Hall–Kier alpha value is -1.86. The van der Waals surface area contributed by atoms with Gasteiger partial charge >= 0.3 is 5.97 Å². The smallest absolute Gasteiger partial charge is 0.341 e. The molecule has 0 spiro atoms. The largest absolute Gasteiger partial charge is 0.482 e. The van der Waals surface area contributed by atoms with Crippen LogP contribution in [0.2, 0.25) is 0 Å². The van der Waals surface area contributed by atoms with E-state index in [0.717, 1.165) is 6.42 Å². The number of hydrogen-bond acceptors (Lipinski definition) is 4. The van der Waals surface area contributed by atoms with E-state index in [0.29, 0.717) is 18.7 Å². The molecule has 0 aromatic heterocycles. The number of unbranched alkanes of at least 4 members (excludes halogenated alkanes) is 1. The lowest BCUT2D eigenvalue weighted by atomic mass is 10.3. The van der Waals surface area contributed by atoms with Gasteiger partial charge in [0.25, 0.3) is 0 Å². The van der Waals surface area contributed by atoms with Crippen molar-refractivity contribution in [3.63, 3.8) is 0 Å². The first-order chi connectivity index (χ1) is 9.87. The average molecular weight is 313 g/mol. The van der Waals surface area contributed by atoms with E-state index in [1.807, 2.05) is 0 Å². The Morgan fingerprint density at radius 1 is 1.38 bits per heavy atom. The lowest BCUT2D eigenvalue weighted by Crippen LogP contribution is -2.27. The predicted octanol–water partition coefficient (Wildman–Crippen LogP) is 1.74. The molecule has 0 aliphatic heterocycles. The Morgan fingerprint density at radius 2 is 2.00 bits per heavy atom. The van der Waals surface area contributed by atoms with Crippen LogP contribution in [0, 0.1) is 0 Å². The molecule has 0 saturated carbocycles. The Bertz CT molecular complexity index is 580. The van der Waals surface area contributed by atoms with Crippen LogP contribution in [0.15, 0.2) is 41.8 Å². The van der Waals surface area contributed by atoms with Gasteiger partial charge in [0.05, 0.1) is 4.90 Å². The number of benzene rings is 1. The molecule has 7 heteroatoms. The second-order valence-corrected chi connectivity index (χ2v) is 6.46. The zero-order valence-electron chi connectivity index (χ0n) is 11.9. The topological polar surface area (TPSA) is 83.9 Å². The molecular formula is C14H19NO5S. The summed E-state index contributed by atoms with van der Waals surface area (Å²) in [6.07, 6.45) is 3.20. The fraction of sp³-hybridized carbons (Fsp3) is 0.357. The molecule has 0 saturated heterocycles. The van der Waals surface area contributed by atoms with Gasteiger partial charge in [0.1, 0.15) is 5.75 Å². The van der Waals surface area contributed by atoms with Crippen molar-refractivity contribution in [2.45, 2.75) is 17.7 Å². The van der Waals surface area contributed by atoms with Crippen LogP contribution >= 0.6 is 0 Å². The molecule has 0 amide bonds. The van der Waals surface area contributed by atoms with Gasteiger partial charge in [-0.25, -0.2) is 17.5 Å². The van der Waals surface area contributed by atoms with Gasteiger partial charge in [-0.2, -0.15) is 0 Å². The van der Waals surface area contributed by atoms with Gasteiger partial charge in [0, 0.05) is 13.6 Å². The van der Waals surface area contributed by atoms with E-state index in [9.17, 15) is 13.2 Å². The number of ether oxygens (including phenoxy) is 1. The second-order valence-electron chi connectivity index (χ2n) is 4.41. The van der Waals surface area contributed by atoms with Crippen LogP contribution in [0.5, 0.6) is 5.75 Å². The van der Waals surface area contributed by atoms with Crippen LogP contribution in [-0.4, -0.2) is 44.0 Å². The summed E-state index contributed by atoms with van der Waals surface area (Å²) in [7, 11) is -2.02. The molecule has 0 radical (unpaired) electrons. The maximum Gasteiger partial charge on any atom is 0.341 e. The average Bonchev–Trinajstić information content (AvgIpc) is 2.45. The predicted molar refractivity (Wildman–Crippen MR) is 78.8 cm³/mol. The third kappa shape index (κ3) is 5.20. The van der Waals surface area contributed by atoms with Crippen molar-refractivity contribution < 1.29 is 23.1 Å². The highest BCUT2D eigenvalue weighted by Crippen LogP contribution is 2.19. The molecule has 0 atom stereocenters. The summed E-state index contributed by atoms with van der Waals surface area (Å²) in [6.45, 7) is 3.54. The van der Waals surface area contributed by atoms with Gasteiger partial charge in [-0.15, -0.1) is 6.58 Å². The maximum atomic E-state index is 12.3. The SMILES string of the molecule is C=CCCCN(C)S(=O)(=O)c1ccc(OCC(=O)O)cc1. The molecule has 0 heterocycles. The number of allylic oxidation sites excluding steroid dienone is 1.